The monoisotopic (exact) mass is 531 g/mol. The number of halogens is 1. The van der Waals surface area contributed by atoms with Gasteiger partial charge in [0.05, 0.1) is 10.9 Å². The minimum Gasteiger partial charge on any atom is -0.272 e. The Morgan fingerprint density at radius 3 is 1.74 bits per heavy atom. The number of nitrogens with zero attached hydrogens (tertiary/aromatic N) is 1. The fourth-order valence-corrected chi connectivity index (χ4v) is 6.64. The summed E-state index contributed by atoms with van der Waals surface area (Å²) in [4.78, 5) is 14.3. The number of rotatable bonds is 5. The van der Waals surface area contributed by atoms with Crippen LogP contribution in [0.5, 0.6) is 0 Å². The number of hydrogen-bond donors (Lipinski definition) is 0. The van der Waals surface area contributed by atoms with Crippen LogP contribution in [0, 0.1) is 6.92 Å². The molecule has 5 rings (SSSR count). The molecule has 0 aromatic heterocycles. The van der Waals surface area contributed by atoms with Gasteiger partial charge >= 0.3 is 0 Å². The van der Waals surface area contributed by atoms with Crippen LogP contribution in [0.15, 0.2) is 119 Å². The van der Waals surface area contributed by atoms with Gasteiger partial charge in [0.1, 0.15) is 5.41 Å². The van der Waals surface area contributed by atoms with Crippen LogP contribution >= 0.6 is 15.9 Å². The number of β-lactam (4-membered cyclic amide) rings is 1. The number of carbonyl (C=O) groups is 1. The van der Waals surface area contributed by atoms with Gasteiger partial charge in [-0.25, -0.2) is 12.7 Å². The second-order valence-electron chi connectivity index (χ2n) is 8.41. The topological polar surface area (TPSA) is 54.5 Å². The highest BCUT2D eigenvalue weighted by atomic mass is 79.9. The lowest BCUT2D eigenvalue weighted by atomic mass is 9.61. The van der Waals surface area contributed by atoms with E-state index in [0.29, 0.717) is 0 Å². The molecule has 0 spiro atoms. The Labute approximate surface area is 208 Å². The first-order chi connectivity index (χ1) is 16.4. The summed E-state index contributed by atoms with van der Waals surface area (Å²) < 4.78 is 29.6. The Bertz CT molecular complexity index is 1400. The van der Waals surface area contributed by atoms with Gasteiger partial charge in [-0.1, -0.05) is 106 Å². The summed E-state index contributed by atoms with van der Waals surface area (Å²) in [6.45, 7) is 1.89. The minimum absolute atomic E-state index is 0.100. The highest BCUT2D eigenvalue weighted by molar-refractivity contribution is 9.10. The highest BCUT2D eigenvalue weighted by Crippen LogP contribution is 2.57. The second kappa shape index (κ2) is 8.53. The van der Waals surface area contributed by atoms with Crippen LogP contribution in [0.2, 0.25) is 0 Å². The molecule has 4 aromatic rings. The average Bonchev–Trinajstić information content (AvgIpc) is 2.85. The van der Waals surface area contributed by atoms with Gasteiger partial charge < -0.3 is 0 Å². The Morgan fingerprint density at radius 1 is 0.735 bits per heavy atom. The van der Waals surface area contributed by atoms with Crippen LogP contribution in [-0.4, -0.2) is 18.6 Å². The zero-order valence-electron chi connectivity index (χ0n) is 18.4. The smallest absolute Gasteiger partial charge is 0.267 e. The predicted molar refractivity (Wildman–Crippen MR) is 136 cm³/mol. The van der Waals surface area contributed by atoms with Gasteiger partial charge in [0.25, 0.3) is 15.9 Å². The number of benzene rings is 4. The van der Waals surface area contributed by atoms with E-state index < -0.39 is 27.4 Å². The third-order valence-corrected chi connectivity index (χ3v) is 8.70. The molecule has 4 nitrogen and oxygen atoms in total. The van der Waals surface area contributed by atoms with Gasteiger partial charge in [-0.3, -0.25) is 4.79 Å². The molecule has 34 heavy (non-hydrogen) atoms. The van der Waals surface area contributed by atoms with Crippen molar-refractivity contribution in [3.05, 3.63) is 136 Å². The Balaban J connectivity index is 1.78. The largest absolute Gasteiger partial charge is 0.272 e. The highest BCUT2D eigenvalue weighted by Gasteiger charge is 2.67. The van der Waals surface area contributed by atoms with Crippen molar-refractivity contribution in [2.24, 2.45) is 0 Å². The molecule has 0 aliphatic carbocycles. The van der Waals surface area contributed by atoms with E-state index in [1.165, 1.54) is 0 Å². The molecule has 0 saturated carbocycles. The molecule has 1 aliphatic heterocycles. The van der Waals surface area contributed by atoms with Crippen molar-refractivity contribution >= 4 is 31.9 Å². The van der Waals surface area contributed by atoms with Crippen LogP contribution in [0.25, 0.3) is 0 Å². The maximum Gasteiger partial charge on any atom is 0.267 e. The van der Waals surface area contributed by atoms with Gasteiger partial charge in [0.15, 0.2) is 0 Å². The van der Waals surface area contributed by atoms with Crippen LogP contribution in [0.3, 0.4) is 0 Å². The zero-order valence-corrected chi connectivity index (χ0v) is 20.8. The zero-order chi connectivity index (χ0) is 23.9. The van der Waals surface area contributed by atoms with E-state index in [2.05, 4.69) is 15.9 Å². The molecule has 1 atom stereocenters. The summed E-state index contributed by atoms with van der Waals surface area (Å²) in [6, 6.07) is 32.2. The SMILES string of the molecule is Cc1ccc(S(=O)(=O)N2C(=O)C(c3ccccc3)(c3ccccc3)[C@@H]2c2ccc(Br)cc2)cc1. The number of amides is 1. The van der Waals surface area contributed by atoms with E-state index in [0.717, 1.165) is 31.0 Å². The summed E-state index contributed by atoms with van der Waals surface area (Å²) in [6.07, 6.45) is 0. The lowest BCUT2D eigenvalue weighted by Crippen LogP contribution is -2.68. The van der Waals surface area contributed by atoms with Crippen LogP contribution in [-0.2, 0) is 20.2 Å². The molecule has 1 fully saturated rings. The minimum atomic E-state index is -4.09. The Kier molecular flexibility index (Phi) is 5.66. The summed E-state index contributed by atoms with van der Waals surface area (Å²) in [5, 5.41) is 0. The lowest BCUT2D eigenvalue weighted by molar-refractivity contribution is -0.147. The first-order valence-electron chi connectivity index (χ1n) is 10.9. The van der Waals surface area contributed by atoms with Crippen molar-refractivity contribution in [3.63, 3.8) is 0 Å². The summed E-state index contributed by atoms with van der Waals surface area (Å²) >= 11 is 3.46. The summed E-state index contributed by atoms with van der Waals surface area (Å²) in [5.41, 5.74) is 2.03. The molecule has 4 aromatic carbocycles. The first kappa shape index (κ1) is 22.6. The third-order valence-electron chi connectivity index (χ3n) is 6.40. The number of carbonyl (C=O) groups excluding carboxylic acids is 1. The Morgan fingerprint density at radius 2 is 1.24 bits per heavy atom. The van der Waals surface area contributed by atoms with Crippen molar-refractivity contribution < 1.29 is 13.2 Å². The molecule has 0 N–H and O–H groups in total. The fraction of sp³-hybridized carbons (Fsp3) is 0.107. The number of sulfonamides is 1. The molecular formula is C28H22BrNO3S. The quantitative estimate of drug-likeness (QED) is 0.296. The third kappa shape index (κ3) is 3.40. The first-order valence-corrected chi connectivity index (χ1v) is 13.1. The summed E-state index contributed by atoms with van der Waals surface area (Å²) in [5.74, 6) is -0.460. The predicted octanol–water partition coefficient (Wildman–Crippen LogP) is 6.02. The van der Waals surface area contributed by atoms with Gasteiger partial charge in [0, 0.05) is 4.47 Å². The molecule has 1 saturated heterocycles. The molecule has 1 heterocycles. The summed E-state index contributed by atoms with van der Waals surface area (Å²) in [7, 11) is -4.09. The van der Waals surface area contributed by atoms with Crippen molar-refractivity contribution in [1.29, 1.82) is 0 Å². The molecule has 6 heteroatoms. The van der Waals surface area contributed by atoms with E-state index >= 15 is 0 Å². The number of aryl methyl sites for hydroxylation is 1. The van der Waals surface area contributed by atoms with Crippen molar-refractivity contribution in [2.45, 2.75) is 23.3 Å². The van der Waals surface area contributed by atoms with E-state index in [1.807, 2.05) is 91.9 Å². The molecule has 170 valence electrons. The van der Waals surface area contributed by atoms with Crippen molar-refractivity contribution in [2.75, 3.05) is 0 Å². The van der Waals surface area contributed by atoms with Crippen molar-refractivity contribution in [3.8, 4) is 0 Å². The Hall–Kier alpha value is -3.22. The lowest BCUT2D eigenvalue weighted by Gasteiger charge is -2.55. The molecule has 1 aliphatic rings. The van der Waals surface area contributed by atoms with E-state index in [-0.39, 0.29) is 4.90 Å². The van der Waals surface area contributed by atoms with Gasteiger partial charge in [0.2, 0.25) is 0 Å². The van der Waals surface area contributed by atoms with Gasteiger partial charge in [-0.05, 0) is 47.9 Å². The maximum absolute atomic E-state index is 14.2. The van der Waals surface area contributed by atoms with Crippen LogP contribution in [0.4, 0.5) is 0 Å². The van der Waals surface area contributed by atoms with Gasteiger partial charge in [-0.2, -0.15) is 0 Å². The molecule has 0 unspecified atom stereocenters. The number of hydrogen-bond acceptors (Lipinski definition) is 3. The van der Waals surface area contributed by atoms with Gasteiger partial charge in [-0.15, -0.1) is 0 Å². The molecule has 0 bridgehead atoms. The second-order valence-corrected chi connectivity index (χ2v) is 11.1. The molecule has 1 amide bonds. The normalized spacial score (nSPS) is 17.3. The van der Waals surface area contributed by atoms with E-state index in [4.69, 9.17) is 0 Å². The standard InChI is InChI=1S/C28H22BrNO3S/c1-20-12-18-25(19-13-20)34(32,33)30-26(21-14-16-24(29)17-15-21)28(27(30)31,22-8-4-2-5-9-22)23-10-6-3-7-11-23/h2-19,26H,1H3/t26-/m0/s1. The fourth-order valence-electron chi connectivity index (χ4n) is 4.75. The van der Waals surface area contributed by atoms with Crippen molar-refractivity contribution in [1.82, 2.24) is 4.31 Å². The average molecular weight is 532 g/mol. The van der Waals surface area contributed by atoms with E-state index in [1.54, 1.807) is 24.3 Å². The van der Waals surface area contributed by atoms with Crippen LogP contribution < -0.4 is 0 Å². The maximum atomic E-state index is 14.2. The van der Waals surface area contributed by atoms with E-state index in [9.17, 15) is 13.2 Å². The van der Waals surface area contributed by atoms with Crippen LogP contribution in [0.1, 0.15) is 28.3 Å². The molecular weight excluding hydrogens is 510 g/mol. The molecule has 0 radical (unpaired) electrons.